The van der Waals surface area contributed by atoms with Crippen LogP contribution in [0.5, 0.6) is 5.75 Å². The van der Waals surface area contributed by atoms with E-state index in [4.69, 9.17) is 21.4 Å². The standard InChI is InChI=1S/C14H10ClN3O3/c1-21-9-3-4-10(15)13(7-9)18-12-5-2-8(14(19)20)6-11(12)16-17-18/h2-7H,1H3,(H,19,20). The van der Waals surface area contributed by atoms with E-state index in [0.29, 0.717) is 27.5 Å². The number of carbonyl (C=O) groups is 1. The molecule has 0 spiro atoms. The number of aromatic carboxylic acids is 1. The molecular formula is C14H10ClN3O3. The lowest BCUT2D eigenvalue weighted by atomic mass is 10.2. The molecule has 1 N–H and O–H groups in total. The number of benzene rings is 2. The summed E-state index contributed by atoms with van der Waals surface area (Å²) in [5.41, 5.74) is 1.91. The van der Waals surface area contributed by atoms with E-state index in [1.807, 2.05) is 0 Å². The number of methoxy groups -OCH3 is 1. The first-order chi connectivity index (χ1) is 10.1. The Morgan fingerprint density at radius 2 is 2.10 bits per heavy atom. The molecule has 0 saturated carbocycles. The molecule has 0 bridgehead atoms. The summed E-state index contributed by atoms with van der Waals surface area (Å²) in [6.45, 7) is 0. The van der Waals surface area contributed by atoms with Crippen LogP contribution in [0.15, 0.2) is 36.4 Å². The van der Waals surface area contributed by atoms with Crippen molar-refractivity contribution in [3.63, 3.8) is 0 Å². The van der Waals surface area contributed by atoms with Gasteiger partial charge in [0.25, 0.3) is 0 Å². The number of carboxylic acids is 1. The maximum atomic E-state index is 11.0. The minimum Gasteiger partial charge on any atom is -0.497 e. The average Bonchev–Trinajstić information content (AvgIpc) is 2.90. The van der Waals surface area contributed by atoms with E-state index in [1.165, 1.54) is 12.1 Å². The average molecular weight is 304 g/mol. The van der Waals surface area contributed by atoms with E-state index in [1.54, 1.807) is 36.1 Å². The molecule has 0 aliphatic heterocycles. The molecule has 0 amide bonds. The van der Waals surface area contributed by atoms with Gasteiger partial charge in [0.05, 0.1) is 28.9 Å². The normalized spacial score (nSPS) is 10.8. The summed E-state index contributed by atoms with van der Waals surface area (Å²) in [6.07, 6.45) is 0. The molecule has 3 aromatic rings. The van der Waals surface area contributed by atoms with Crippen LogP contribution in [0, 0.1) is 0 Å². The zero-order valence-electron chi connectivity index (χ0n) is 10.9. The number of fused-ring (bicyclic) bond motifs is 1. The summed E-state index contributed by atoms with van der Waals surface area (Å²) in [7, 11) is 1.56. The van der Waals surface area contributed by atoms with Crippen molar-refractivity contribution in [2.75, 3.05) is 7.11 Å². The zero-order chi connectivity index (χ0) is 15.0. The molecule has 106 valence electrons. The Morgan fingerprint density at radius 3 is 2.81 bits per heavy atom. The molecule has 0 atom stereocenters. The van der Waals surface area contributed by atoms with Gasteiger partial charge in [0, 0.05) is 6.07 Å². The molecule has 1 aromatic heterocycles. The van der Waals surface area contributed by atoms with Crippen LogP contribution < -0.4 is 4.74 Å². The molecule has 3 rings (SSSR count). The quantitative estimate of drug-likeness (QED) is 0.805. The van der Waals surface area contributed by atoms with Crippen LogP contribution in [0.2, 0.25) is 5.02 Å². The lowest BCUT2D eigenvalue weighted by Gasteiger charge is -2.07. The van der Waals surface area contributed by atoms with Crippen molar-refractivity contribution < 1.29 is 14.6 Å². The minimum atomic E-state index is -1.01. The number of ether oxygens (including phenoxy) is 1. The first kappa shape index (κ1) is 13.4. The second-order valence-corrected chi connectivity index (χ2v) is 4.73. The maximum Gasteiger partial charge on any atom is 0.335 e. The minimum absolute atomic E-state index is 0.159. The molecule has 0 radical (unpaired) electrons. The molecule has 6 nitrogen and oxygen atoms in total. The van der Waals surface area contributed by atoms with Gasteiger partial charge in [-0.25, -0.2) is 9.48 Å². The Labute approximate surface area is 124 Å². The van der Waals surface area contributed by atoms with Crippen molar-refractivity contribution in [1.29, 1.82) is 0 Å². The highest BCUT2D eigenvalue weighted by Gasteiger charge is 2.13. The third-order valence-corrected chi connectivity index (χ3v) is 3.39. The van der Waals surface area contributed by atoms with Gasteiger partial charge in [0.1, 0.15) is 11.3 Å². The number of aromatic nitrogens is 3. The number of nitrogens with zero attached hydrogens (tertiary/aromatic N) is 3. The Bertz CT molecular complexity index is 845. The van der Waals surface area contributed by atoms with Crippen molar-refractivity contribution in [3.8, 4) is 11.4 Å². The van der Waals surface area contributed by atoms with E-state index < -0.39 is 5.97 Å². The predicted octanol–water partition coefficient (Wildman–Crippen LogP) is 2.78. The molecule has 21 heavy (non-hydrogen) atoms. The van der Waals surface area contributed by atoms with Gasteiger partial charge >= 0.3 is 5.97 Å². The van der Waals surface area contributed by atoms with Crippen LogP contribution >= 0.6 is 11.6 Å². The molecule has 7 heteroatoms. The Kier molecular flexibility index (Phi) is 3.23. The number of hydrogen-bond acceptors (Lipinski definition) is 4. The number of carboxylic acid groups (broad SMARTS) is 1. The van der Waals surface area contributed by atoms with Crippen molar-refractivity contribution in [2.24, 2.45) is 0 Å². The topological polar surface area (TPSA) is 77.2 Å². The Hall–Kier alpha value is -2.60. The first-order valence-corrected chi connectivity index (χ1v) is 6.40. The van der Waals surface area contributed by atoms with Crippen LogP contribution in [0.4, 0.5) is 0 Å². The molecule has 0 unspecified atom stereocenters. The molecule has 0 fully saturated rings. The van der Waals surface area contributed by atoms with Crippen molar-refractivity contribution in [1.82, 2.24) is 15.0 Å². The summed E-state index contributed by atoms with van der Waals surface area (Å²) in [5.74, 6) is -0.369. The fourth-order valence-electron chi connectivity index (χ4n) is 2.02. The summed E-state index contributed by atoms with van der Waals surface area (Å²) >= 11 is 6.19. The highest BCUT2D eigenvalue weighted by atomic mass is 35.5. The summed E-state index contributed by atoms with van der Waals surface area (Å²) in [6, 6.07) is 9.80. The second-order valence-electron chi connectivity index (χ2n) is 4.33. The third kappa shape index (κ3) is 2.30. The number of hydrogen-bond donors (Lipinski definition) is 1. The van der Waals surface area contributed by atoms with Crippen molar-refractivity contribution >= 4 is 28.6 Å². The SMILES string of the molecule is COc1ccc(Cl)c(-n2nnc3cc(C(=O)O)ccc32)c1. The van der Waals surface area contributed by atoms with E-state index in [-0.39, 0.29) is 5.56 Å². The molecule has 0 saturated heterocycles. The van der Waals surface area contributed by atoms with Crippen molar-refractivity contribution in [2.45, 2.75) is 0 Å². The van der Waals surface area contributed by atoms with Gasteiger partial charge in [0.2, 0.25) is 0 Å². The van der Waals surface area contributed by atoms with Crippen molar-refractivity contribution in [3.05, 3.63) is 47.0 Å². The lowest BCUT2D eigenvalue weighted by Crippen LogP contribution is -1.99. The zero-order valence-corrected chi connectivity index (χ0v) is 11.7. The summed E-state index contributed by atoms with van der Waals surface area (Å²) < 4.78 is 6.72. The van der Waals surface area contributed by atoms with E-state index >= 15 is 0 Å². The molecule has 0 aliphatic rings. The predicted molar refractivity (Wildman–Crippen MR) is 77.4 cm³/mol. The fraction of sp³-hybridized carbons (Fsp3) is 0.0714. The fourth-order valence-corrected chi connectivity index (χ4v) is 2.21. The van der Waals surface area contributed by atoms with Gasteiger partial charge < -0.3 is 9.84 Å². The first-order valence-electron chi connectivity index (χ1n) is 6.03. The van der Waals surface area contributed by atoms with Crippen LogP contribution in [-0.4, -0.2) is 33.2 Å². The number of halogens is 1. The van der Waals surface area contributed by atoms with E-state index in [0.717, 1.165) is 0 Å². The van der Waals surface area contributed by atoms with E-state index in [9.17, 15) is 4.79 Å². The van der Waals surface area contributed by atoms with Gasteiger partial charge in [-0.2, -0.15) is 0 Å². The molecule has 0 aliphatic carbocycles. The van der Waals surface area contributed by atoms with Crippen LogP contribution in [0.1, 0.15) is 10.4 Å². The van der Waals surface area contributed by atoms with Crippen LogP contribution in [-0.2, 0) is 0 Å². The Balaban J connectivity index is 2.19. The smallest absolute Gasteiger partial charge is 0.335 e. The van der Waals surface area contributed by atoms with Gasteiger partial charge in [-0.1, -0.05) is 16.8 Å². The summed E-state index contributed by atoms with van der Waals surface area (Å²) in [5, 5.41) is 17.5. The largest absolute Gasteiger partial charge is 0.497 e. The molecule has 1 heterocycles. The van der Waals surface area contributed by atoms with Gasteiger partial charge in [-0.05, 0) is 30.3 Å². The highest BCUT2D eigenvalue weighted by Crippen LogP contribution is 2.27. The van der Waals surface area contributed by atoms with Gasteiger partial charge in [0.15, 0.2) is 0 Å². The number of rotatable bonds is 3. The van der Waals surface area contributed by atoms with Gasteiger partial charge in [-0.3, -0.25) is 0 Å². The lowest BCUT2D eigenvalue weighted by molar-refractivity contribution is 0.0697. The molecule has 2 aromatic carbocycles. The Morgan fingerprint density at radius 1 is 1.29 bits per heavy atom. The second kappa shape index (κ2) is 5.06. The van der Waals surface area contributed by atoms with Crippen LogP contribution in [0.3, 0.4) is 0 Å². The monoisotopic (exact) mass is 303 g/mol. The van der Waals surface area contributed by atoms with Gasteiger partial charge in [-0.15, -0.1) is 5.10 Å². The molecular weight excluding hydrogens is 294 g/mol. The third-order valence-electron chi connectivity index (χ3n) is 3.07. The van der Waals surface area contributed by atoms with Crippen LogP contribution in [0.25, 0.3) is 16.7 Å². The maximum absolute atomic E-state index is 11.0. The highest BCUT2D eigenvalue weighted by molar-refractivity contribution is 6.32. The summed E-state index contributed by atoms with van der Waals surface area (Å²) in [4.78, 5) is 11.0. The van der Waals surface area contributed by atoms with E-state index in [2.05, 4.69) is 10.3 Å².